The maximum Gasteiger partial charge on any atom is 0.305 e. The van der Waals surface area contributed by atoms with Crippen molar-refractivity contribution in [2.45, 2.75) is 166 Å². The summed E-state index contributed by atoms with van der Waals surface area (Å²) in [6.45, 7) is 13.1. The highest BCUT2D eigenvalue weighted by molar-refractivity contribution is 5.69. The van der Waals surface area contributed by atoms with Gasteiger partial charge in [-0.15, -0.1) is 0 Å². The molecule has 2 saturated carbocycles. The van der Waals surface area contributed by atoms with Crippen LogP contribution >= 0.6 is 0 Å². The predicted molar refractivity (Wildman–Crippen MR) is 147 cm³/mol. The van der Waals surface area contributed by atoms with Gasteiger partial charge in [0.15, 0.2) is 0 Å². The van der Waals surface area contributed by atoms with Gasteiger partial charge in [-0.25, -0.2) is 0 Å². The van der Waals surface area contributed by atoms with Crippen molar-refractivity contribution in [2.24, 2.45) is 11.3 Å². The van der Waals surface area contributed by atoms with E-state index in [4.69, 9.17) is 14.2 Å². The number of hydrogen-bond donors (Lipinski definition) is 1. The van der Waals surface area contributed by atoms with Crippen molar-refractivity contribution in [1.82, 2.24) is 0 Å². The number of aliphatic hydroxyl groups is 1. The fourth-order valence-electron chi connectivity index (χ4n) is 7.74. The van der Waals surface area contributed by atoms with E-state index in [1.54, 1.807) is 0 Å². The van der Waals surface area contributed by atoms with Crippen LogP contribution in [0.2, 0.25) is 0 Å². The second-order valence-corrected chi connectivity index (χ2v) is 13.6. The fourth-order valence-corrected chi connectivity index (χ4v) is 7.74. The third-order valence-electron chi connectivity index (χ3n) is 10.2. The molecule has 2 saturated heterocycles. The first-order chi connectivity index (χ1) is 17.6. The van der Waals surface area contributed by atoms with Crippen LogP contribution in [0.15, 0.2) is 12.2 Å². The normalized spacial score (nSPS) is 37.2. The Hall–Kier alpha value is -0.910. The molecule has 5 nitrogen and oxygen atoms in total. The van der Waals surface area contributed by atoms with Crippen LogP contribution in [0.1, 0.15) is 137 Å². The van der Waals surface area contributed by atoms with Crippen molar-refractivity contribution in [3.8, 4) is 0 Å². The summed E-state index contributed by atoms with van der Waals surface area (Å²) in [5, 5.41) is 11.1. The minimum absolute atomic E-state index is 0.0217. The summed E-state index contributed by atoms with van der Waals surface area (Å²) in [6, 6.07) is 0. The molecular formula is C32H54O5. The summed E-state index contributed by atoms with van der Waals surface area (Å²) in [7, 11) is 0. The number of allylic oxidation sites excluding steroid dienone is 1. The molecule has 0 bridgehead atoms. The fraction of sp³-hybridized carbons (Fsp3) is 0.906. The zero-order valence-electron chi connectivity index (χ0n) is 24.2. The first-order valence-corrected chi connectivity index (χ1v) is 15.5. The van der Waals surface area contributed by atoms with Crippen molar-refractivity contribution in [3.63, 3.8) is 0 Å². The lowest BCUT2D eigenvalue weighted by molar-refractivity contribution is -0.145. The summed E-state index contributed by atoms with van der Waals surface area (Å²) in [6.07, 6.45) is 18.5. The van der Waals surface area contributed by atoms with Crippen LogP contribution in [0.3, 0.4) is 0 Å². The number of esters is 1. The minimum atomic E-state index is -0.789. The summed E-state index contributed by atoms with van der Waals surface area (Å²) in [5.41, 5.74) is -0.259. The summed E-state index contributed by atoms with van der Waals surface area (Å²) < 4.78 is 18.8. The third-order valence-corrected chi connectivity index (χ3v) is 10.2. The number of hydrogen-bond acceptors (Lipinski definition) is 5. The van der Waals surface area contributed by atoms with Crippen LogP contribution < -0.4 is 0 Å². The number of unbranched alkanes of at least 4 members (excludes halogenated alkanes) is 8. The van der Waals surface area contributed by atoms with E-state index in [1.165, 1.54) is 50.5 Å². The summed E-state index contributed by atoms with van der Waals surface area (Å²) in [5.74, 6) is 0.00395. The molecule has 0 amide bonds. The Bertz CT molecular complexity index is 801. The van der Waals surface area contributed by atoms with Crippen LogP contribution in [-0.2, 0) is 19.0 Å². The average Bonchev–Trinajstić information content (AvgIpc) is 3.70. The number of ether oxygens (including phenoxy) is 3. The largest absolute Gasteiger partial charge is 0.462 e. The second-order valence-electron chi connectivity index (χ2n) is 13.6. The van der Waals surface area contributed by atoms with Crippen LogP contribution in [0.5, 0.6) is 0 Å². The Balaban J connectivity index is 1.29. The molecule has 0 aromatic carbocycles. The maximum absolute atomic E-state index is 12.6. The molecule has 1 N–H and O–H groups in total. The quantitative estimate of drug-likeness (QED) is 0.119. The van der Waals surface area contributed by atoms with Gasteiger partial charge in [-0.1, -0.05) is 77.4 Å². The molecule has 4 aliphatic rings. The zero-order valence-corrected chi connectivity index (χ0v) is 24.2. The maximum atomic E-state index is 12.6. The molecule has 1 spiro atoms. The average molecular weight is 519 g/mol. The van der Waals surface area contributed by atoms with Gasteiger partial charge in [-0.05, 0) is 64.2 Å². The van der Waals surface area contributed by atoms with Gasteiger partial charge in [0.25, 0.3) is 0 Å². The number of carbonyl (C=O) groups excluding carboxylic acids is 1. The van der Waals surface area contributed by atoms with Gasteiger partial charge in [0.2, 0.25) is 0 Å². The molecule has 0 unspecified atom stereocenters. The minimum Gasteiger partial charge on any atom is -0.462 e. The summed E-state index contributed by atoms with van der Waals surface area (Å²) >= 11 is 0. The Kier molecular flexibility index (Phi) is 9.18. The lowest BCUT2D eigenvalue weighted by Crippen LogP contribution is -2.46. The highest BCUT2D eigenvalue weighted by atomic mass is 16.7. The molecular weight excluding hydrogens is 464 g/mol. The van der Waals surface area contributed by atoms with E-state index in [0.717, 1.165) is 57.8 Å². The van der Waals surface area contributed by atoms with Gasteiger partial charge in [-0.2, -0.15) is 0 Å². The van der Waals surface area contributed by atoms with E-state index in [1.807, 2.05) is 13.8 Å². The second kappa shape index (κ2) is 11.7. The molecule has 212 valence electrons. The standard InChI is InChI=1S/C32H54O5/c1-6-7-8-9-10-11-12-13-14-15-28(33)35-23-31-22-27-32(37-27)25(29(3,4)34)19-21-30(32,5)20-18-24(2)16-17-26(31)36-31/h25-27,34H,2,6-23H2,1,3-5H3/t25-,26-,27+,30+,31-,32+/m0/s1. The molecule has 0 aromatic heterocycles. The van der Waals surface area contributed by atoms with Crippen LogP contribution in [0, 0.1) is 11.3 Å². The molecule has 2 heterocycles. The molecule has 0 radical (unpaired) electrons. The number of carbonyl (C=O) groups is 1. The first kappa shape index (κ1) is 29.1. The lowest BCUT2D eigenvalue weighted by Gasteiger charge is -2.37. The number of rotatable bonds is 13. The SMILES string of the molecule is C=C1CC[C@@H]2O[C@]2(COC(=O)CCCCCCCCCCC)C[C@H]2O[C@]23[C@H](C(C)(C)O)CC[C@@]3(C)CC1. The number of fused-ring (bicyclic) bond motifs is 1. The Labute approximate surface area is 226 Å². The van der Waals surface area contributed by atoms with Crippen molar-refractivity contribution < 1.29 is 24.1 Å². The van der Waals surface area contributed by atoms with Gasteiger partial charge in [-0.3, -0.25) is 4.79 Å². The van der Waals surface area contributed by atoms with E-state index in [2.05, 4.69) is 20.4 Å². The highest BCUT2D eigenvalue weighted by Gasteiger charge is 2.77. The molecule has 0 aromatic rings. The molecule has 4 fully saturated rings. The van der Waals surface area contributed by atoms with Gasteiger partial charge >= 0.3 is 5.97 Å². The van der Waals surface area contributed by atoms with Gasteiger partial charge < -0.3 is 19.3 Å². The first-order valence-electron chi connectivity index (χ1n) is 15.5. The summed E-state index contributed by atoms with van der Waals surface area (Å²) in [4.78, 5) is 12.6. The van der Waals surface area contributed by atoms with Crippen LogP contribution in [0.4, 0.5) is 0 Å². The Morgan fingerprint density at radius 1 is 1.00 bits per heavy atom. The molecule has 2 aliphatic heterocycles. The zero-order chi connectivity index (χ0) is 26.7. The van der Waals surface area contributed by atoms with E-state index < -0.39 is 11.2 Å². The van der Waals surface area contributed by atoms with Crippen LogP contribution in [-0.4, -0.2) is 46.7 Å². The van der Waals surface area contributed by atoms with Gasteiger partial charge in [0.05, 0.1) is 17.8 Å². The smallest absolute Gasteiger partial charge is 0.305 e. The Morgan fingerprint density at radius 3 is 2.35 bits per heavy atom. The van der Waals surface area contributed by atoms with Crippen LogP contribution in [0.25, 0.3) is 0 Å². The number of epoxide rings is 2. The van der Waals surface area contributed by atoms with Crippen molar-refractivity contribution in [3.05, 3.63) is 12.2 Å². The third kappa shape index (κ3) is 6.47. The topological polar surface area (TPSA) is 71.6 Å². The predicted octanol–water partition coefficient (Wildman–Crippen LogP) is 7.43. The van der Waals surface area contributed by atoms with Crippen molar-refractivity contribution >= 4 is 5.97 Å². The van der Waals surface area contributed by atoms with Gasteiger partial charge in [0.1, 0.15) is 17.8 Å². The van der Waals surface area contributed by atoms with Crippen molar-refractivity contribution in [1.29, 1.82) is 0 Å². The molecule has 4 rings (SSSR count). The molecule has 6 atom stereocenters. The molecule has 37 heavy (non-hydrogen) atoms. The Morgan fingerprint density at radius 2 is 1.68 bits per heavy atom. The highest BCUT2D eigenvalue weighted by Crippen LogP contribution is 2.69. The lowest BCUT2D eigenvalue weighted by atomic mass is 9.67. The van der Waals surface area contributed by atoms with Crippen molar-refractivity contribution in [2.75, 3.05) is 6.61 Å². The van der Waals surface area contributed by atoms with E-state index in [9.17, 15) is 9.90 Å². The molecule has 2 aliphatic carbocycles. The van der Waals surface area contributed by atoms with E-state index >= 15 is 0 Å². The van der Waals surface area contributed by atoms with E-state index in [-0.39, 0.29) is 35.1 Å². The van der Waals surface area contributed by atoms with Gasteiger partial charge in [0, 0.05) is 18.8 Å². The van der Waals surface area contributed by atoms with E-state index in [0.29, 0.717) is 13.0 Å². The monoisotopic (exact) mass is 518 g/mol. The molecule has 5 heteroatoms.